The van der Waals surface area contributed by atoms with E-state index in [0.717, 1.165) is 16.5 Å². The first-order chi connectivity index (χ1) is 14.5. The molecule has 3 aromatic rings. The van der Waals surface area contributed by atoms with Crippen molar-refractivity contribution in [1.82, 2.24) is 30.9 Å². The van der Waals surface area contributed by atoms with Crippen LogP contribution in [0.3, 0.4) is 0 Å². The van der Waals surface area contributed by atoms with Gasteiger partial charge >= 0.3 is 0 Å². The Morgan fingerprint density at radius 2 is 1.53 bits per heavy atom. The fourth-order valence-corrected chi connectivity index (χ4v) is 3.57. The van der Waals surface area contributed by atoms with Crippen molar-refractivity contribution in [2.24, 2.45) is 0 Å². The first-order valence-electron chi connectivity index (χ1n) is 9.59. The number of amides is 3. The van der Waals surface area contributed by atoms with Gasteiger partial charge in [0.1, 0.15) is 18.1 Å². The number of imidazole rings is 1. The highest BCUT2D eigenvalue weighted by Gasteiger charge is 2.34. The Labute approximate surface area is 171 Å². The number of rotatable bonds is 5. The Balaban J connectivity index is 1.61. The lowest BCUT2D eigenvalue weighted by molar-refractivity contribution is -0.130. The van der Waals surface area contributed by atoms with Gasteiger partial charge < -0.3 is 31.0 Å². The molecule has 2 aromatic heterocycles. The summed E-state index contributed by atoms with van der Waals surface area (Å²) in [5, 5.41) is 18.4. The molecule has 0 radical (unpaired) electrons. The first kappa shape index (κ1) is 19.6. The maximum Gasteiger partial charge on any atom is 0.245 e. The number of H-pyrrole nitrogens is 2. The van der Waals surface area contributed by atoms with Crippen LogP contribution < -0.4 is 16.0 Å². The summed E-state index contributed by atoms with van der Waals surface area (Å²) in [6, 6.07) is 4.66. The molecule has 1 aliphatic rings. The molecule has 0 saturated carbocycles. The molecule has 156 valence electrons. The van der Waals surface area contributed by atoms with Crippen LogP contribution in [0, 0.1) is 0 Å². The van der Waals surface area contributed by atoms with Crippen molar-refractivity contribution in [2.45, 2.75) is 31.0 Å². The van der Waals surface area contributed by atoms with Crippen LogP contribution in [0.25, 0.3) is 10.9 Å². The van der Waals surface area contributed by atoms with E-state index >= 15 is 0 Å². The normalized spacial score (nSPS) is 22.6. The molecular formula is C20H22N6O4. The van der Waals surface area contributed by atoms with E-state index in [4.69, 9.17) is 0 Å². The number of aliphatic hydroxyl groups is 1. The summed E-state index contributed by atoms with van der Waals surface area (Å²) in [5.74, 6) is -1.65. The van der Waals surface area contributed by atoms with Crippen LogP contribution in [-0.2, 0) is 27.2 Å². The number of hydrogen-bond acceptors (Lipinski definition) is 5. The number of carbonyl (C=O) groups is 3. The summed E-state index contributed by atoms with van der Waals surface area (Å²) in [4.78, 5) is 48.2. The predicted molar refractivity (Wildman–Crippen MR) is 107 cm³/mol. The number of para-hydroxylation sites is 1. The van der Waals surface area contributed by atoms with E-state index in [9.17, 15) is 19.5 Å². The van der Waals surface area contributed by atoms with Gasteiger partial charge in [0.25, 0.3) is 0 Å². The average molecular weight is 410 g/mol. The molecule has 1 aromatic carbocycles. The van der Waals surface area contributed by atoms with E-state index in [1.54, 1.807) is 12.4 Å². The van der Waals surface area contributed by atoms with Gasteiger partial charge in [0, 0.05) is 41.8 Å². The van der Waals surface area contributed by atoms with Crippen LogP contribution in [0.5, 0.6) is 0 Å². The van der Waals surface area contributed by atoms with Gasteiger partial charge in [-0.05, 0) is 11.6 Å². The summed E-state index contributed by atoms with van der Waals surface area (Å²) >= 11 is 0. The van der Waals surface area contributed by atoms with E-state index in [2.05, 4.69) is 30.9 Å². The Morgan fingerprint density at radius 3 is 2.23 bits per heavy atom. The Hall–Kier alpha value is -3.66. The molecule has 3 amide bonds. The number of nitrogens with zero attached hydrogens (tertiary/aromatic N) is 1. The zero-order chi connectivity index (χ0) is 21.1. The maximum absolute atomic E-state index is 12.9. The van der Waals surface area contributed by atoms with Gasteiger partial charge in [-0.25, -0.2) is 4.98 Å². The Morgan fingerprint density at radius 1 is 0.867 bits per heavy atom. The van der Waals surface area contributed by atoms with Crippen LogP contribution in [0.15, 0.2) is 43.0 Å². The van der Waals surface area contributed by atoms with Crippen molar-refractivity contribution in [2.75, 3.05) is 6.61 Å². The highest BCUT2D eigenvalue weighted by molar-refractivity contribution is 5.97. The molecular weight excluding hydrogens is 388 g/mol. The van der Waals surface area contributed by atoms with E-state index < -0.39 is 42.5 Å². The topological polar surface area (TPSA) is 152 Å². The average Bonchev–Trinajstić information content (AvgIpc) is 3.40. The number of aliphatic hydroxyl groups excluding tert-OH is 1. The van der Waals surface area contributed by atoms with Gasteiger partial charge in [0.05, 0.1) is 12.9 Å². The summed E-state index contributed by atoms with van der Waals surface area (Å²) in [5.41, 5.74) is 2.43. The van der Waals surface area contributed by atoms with Crippen molar-refractivity contribution in [3.8, 4) is 0 Å². The molecule has 3 heterocycles. The van der Waals surface area contributed by atoms with Crippen LogP contribution in [-0.4, -0.2) is 62.5 Å². The smallest absolute Gasteiger partial charge is 0.245 e. The fourth-order valence-electron chi connectivity index (χ4n) is 3.57. The van der Waals surface area contributed by atoms with Gasteiger partial charge in [-0.1, -0.05) is 18.2 Å². The number of aromatic nitrogens is 3. The van der Waals surface area contributed by atoms with Crippen molar-refractivity contribution in [3.05, 3.63) is 54.2 Å². The highest BCUT2D eigenvalue weighted by Crippen LogP contribution is 2.19. The second-order valence-electron chi connectivity index (χ2n) is 7.21. The summed E-state index contributed by atoms with van der Waals surface area (Å²) in [7, 11) is 0. The number of nitrogens with one attached hydrogen (secondary N) is 5. The molecule has 4 rings (SSSR count). The standard InChI is InChI=1S/C20H22N6O4/c27-9-17-20(30)25-16(6-12-8-21-10-23-12)19(29)24-15(18(28)26-17)5-11-7-22-14-4-2-1-3-13(11)14/h1-4,7-8,10,15-17,22,27H,5-6,9H2,(H,21,23)(H,24,29)(H,25,30)(H,26,28)/t15-,16-,17-/m0/s1. The van der Waals surface area contributed by atoms with E-state index in [0.29, 0.717) is 5.69 Å². The van der Waals surface area contributed by atoms with Crippen molar-refractivity contribution in [1.29, 1.82) is 0 Å². The zero-order valence-corrected chi connectivity index (χ0v) is 16.0. The lowest BCUT2D eigenvalue weighted by atomic mass is 10.0. The van der Waals surface area contributed by atoms with Crippen molar-refractivity contribution in [3.63, 3.8) is 0 Å². The molecule has 0 bridgehead atoms. The molecule has 1 saturated heterocycles. The van der Waals surface area contributed by atoms with E-state index in [1.165, 1.54) is 6.33 Å². The Kier molecular flexibility index (Phi) is 5.48. The molecule has 30 heavy (non-hydrogen) atoms. The van der Waals surface area contributed by atoms with E-state index in [-0.39, 0.29) is 12.8 Å². The van der Waals surface area contributed by atoms with Gasteiger partial charge in [-0.3, -0.25) is 14.4 Å². The van der Waals surface area contributed by atoms with Crippen LogP contribution in [0.2, 0.25) is 0 Å². The highest BCUT2D eigenvalue weighted by atomic mass is 16.3. The number of hydrogen-bond donors (Lipinski definition) is 6. The second kappa shape index (κ2) is 8.37. The molecule has 0 spiro atoms. The molecule has 10 nitrogen and oxygen atoms in total. The number of fused-ring (bicyclic) bond motifs is 1. The van der Waals surface area contributed by atoms with Gasteiger partial charge in [0.2, 0.25) is 17.7 Å². The molecule has 0 unspecified atom stereocenters. The monoisotopic (exact) mass is 410 g/mol. The first-order valence-corrected chi connectivity index (χ1v) is 9.59. The number of benzene rings is 1. The lowest BCUT2D eigenvalue weighted by Crippen LogP contribution is -2.52. The second-order valence-corrected chi connectivity index (χ2v) is 7.21. The Bertz CT molecular complexity index is 1060. The van der Waals surface area contributed by atoms with Crippen molar-refractivity contribution >= 4 is 28.6 Å². The quantitative estimate of drug-likeness (QED) is 0.323. The minimum atomic E-state index is -1.15. The largest absolute Gasteiger partial charge is 0.394 e. The third-order valence-electron chi connectivity index (χ3n) is 5.16. The minimum Gasteiger partial charge on any atom is -0.394 e. The molecule has 6 N–H and O–H groups in total. The van der Waals surface area contributed by atoms with Crippen molar-refractivity contribution < 1.29 is 19.5 Å². The summed E-state index contributed by atoms with van der Waals surface area (Å²) in [6.07, 6.45) is 5.23. The third kappa shape index (κ3) is 4.03. The summed E-state index contributed by atoms with van der Waals surface area (Å²) < 4.78 is 0. The molecule has 1 aliphatic heterocycles. The zero-order valence-electron chi connectivity index (χ0n) is 16.0. The summed E-state index contributed by atoms with van der Waals surface area (Å²) in [6.45, 7) is -0.581. The van der Waals surface area contributed by atoms with Gasteiger partial charge in [0.15, 0.2) is 0 Å². The molecule has 10 heteroatoms. The minimum absolute atomic E-state index is 0.170. The lowest BCUT2D eigenvalue weighted by Gasteiger charge is -2.20. The predicted octanol–water partition coefficient (Wildman–Crippen LogP) is -0.863. The maximum atomic E-state index is 12.9. The SMILES string of the molecule is O=C1N[C@@H](Cc2cnc[nH]2)C(=O)N[C@@H](Cc2c[nH]c3ccccc23)C(=O)N[C@H]1CO. The number of aromatic amines is 2. The third-order valence-corrected chi connectivity index (χ3v) is 5.16. The van der Waals surface area contributed by atoms with Crippen LogP contribution >= 0.6 is 0 Å². The van der Waals surface area contributed by atoms with E-state index in [1.807, 2.05) is 24.3 Å². The van der Waals surface area contributed by atoms with Gasteiger partial charge in [-0.2, -0.15) is 0 Å². The molecule has 3 atom stereocenters. The number of carbonyl (C=O) groups excluding carboxylic acids is 3. The van der Waals surface area contributed by atoms with Crippen LogP contribution in [0.4, 0.5) is 0 Å². The fraction of sp³-hybridized carbons (Fsp3) is 0.300. The molecule has 1 fully saturated rings. The van der Waals surface area contributed by atoms with Crippen LogP contribution in [0.1, 0.15) is 11.3 Å². The molecule has 0 aliphatic carbocycles. The van der Waals surface area contributed by atoms with Gasteiger partial charge in [-0.15, -0.1) is 0 Å².